The van der Waals surface area contributed by atoms with Crippen molar-refractivity contribution in [3.63, 3.8) is 0 Å². The zero-order valence-electron chi connectivity index (χ0n) is 16.0. The molecule has 1 aliphatic heterocycles. The van der Waals surface area contributed by atoms with Gasteiger partial charge in [0, 0.05) is 31.9 Å². The lowest BCUT2D eigenvalue weighted by Gasteiger charge is -2.38. The maximum atomic E-state index is 12.5. The molecule has 0 radical (unpaired) electrons. The van der Waals surface area contributed by atoms with E-state index >= 15 is 0 Å². The number of carbonyl (C=O) groups is 1. The van der Waals surface area contributed by atoms with Crippen molar-refractivity contribution in [2.45, 2.75) is 38.9 Å². The lowest BCUT2D eigenvalue weighted by atomic mass is 10.2. The highest BCUT2D eigenvalue weighted by Crippen LogP contribution is 2.36. The summed E-state index contributed by atoms with van der Waals surface area (Å²) in [5.74, 6) is 0.0873. The highest BCUT2D eigenvalue weighted by Gasteiger charge is 2.38. The summed E-state index contributed by atoms with van der Waals surface area (Å²) in [6.45, 7) is 14.1. The molecule has 25 heavy (non-hydrogen) atoms. The van der Waals surface area contributed by atoms with E-state index in [1.165, 1.54) is 0 Å². The third-order valence-corrected chi connectivity index (χ3v) is 9.83. The van der Waals surface area contributed by atoms with Crippen LogP contribution in [0.4, 0.5) is 5.69 Å². The van der Waals surface area contributed by atoms with Crippen molar-refractivity contribution in [1.82, 2.24) is 4.90 Å². The summed E-state index contributed by atoms with van der Waals surface area (Å²) in [7, 11) is -1.89. The van der Waals surface area contributed by atoms with Gasteiger partial charge >= 0.3 is 0 Å². The van der Waals surface area contributed by atoms with Gasteiger partial charge in [-0.15, -0.1) is 0 Å². The molecule has 2 rings (SSSR count). The number of benzene rings is 1. The number of piperazine rings is 1. The Morgan fingerprint density at radius 2 is 1.72 bits per heavy atom. The average Bonchev–Trinajstić information content (AvgIpc) is 2.59. The van der Waals surface area contributed by atoms with E-state index in [9.17, 15) is 4.79 Å². The molecule has 0 N–H and O–H groups in total. The highest BCUT2D eigenvalue weighted by molar-refractivity contribution is 6.74. The molecule has 0 bridgehead atoms. The van der Waals surface area contributed by atoms with Gasteiger partial charge in [0.1, 0.15) is 6.61 Å². The Morgan fingerprint density at radius 3 is 2.20 bits per heavy atom. The van der Waals surface area contributed by atoms with Crippen molar-refractivity contribution >= 4 is 19.9 Å². The minimum absolute atomic E-state index is 0.0873. The SMILES string of the molecule is CC(C)(C)[Si](C)(C)OCC(=O)N1CCN(c2ccc(C#N)cc2)CC1. The first-order valence-corrected chi connectivity index (χ1v) is 11.7. The van der Waals surface area contributed by atoms with Crippen LogP contribution in [0.5, 0.6) is 0 Å². The van der Waals surface area contributed by atoms with Crippen molar-refractivity contribution in [2.75, 3.05) is 37.7 Å². The summed E-state index contributed by atoms with van der Waals surface area (Å²) in [5.41, 5.74) is 1.77. The van der Waals surface area contributed by atoms with Gasteiger partial charge in [-0.3, -0.25) is 4.79 Å². The quantitative estimate of drug-likeness (QED) is 0.775. The third kappa shape index (κ3) is 4.83. The highest BCUT2D eigenvalue weighted by atomic mass is 28.4. The van der Waals surface area contributed by atoms with E-state index in [1.54, 1.807) is 0 Å². The average molecular weight is 360 g/mol. The van der Waals surface area contributed by atoms with Crippen molar-refractivity contribution in [3.05, 3.63) is 29.8 Å². The molecular formula is C19H29N3O2Si. The van der Waals surface area contributed by atoms with Crippen LogP contribution in [0.3, 0.4) is 0 Å². The second-order valence-electron chi connectivity index (χ2n) is 8.08. The normalized spacial score (nSPS) is 15.8. The lowest BCUT2D eigenvalue weighted by molar-refractivity contribution is -0.134. The van der Waals surface area contributed by atoms with E-state index in [1.807, 2.05) is 29.2 Å². The maximum Gasteiger partial charge on any atom is 0.247 e. The second-order valence-corrected chi connectivity index (χ2v) is 12.9. The zero-order valence-corrected chi connectivity index (χ0v) is 17.0. The predicted molar refractivity (Wildman–Crippen MR) is 103 cm³/mol. The molecule has 0 aliphatic carbocycles. The molecule has 0 spiro atoms. The number of amides is 1. The number of nitrogens with zero attached hydrogens (tertiary/aromatic N) is 3. The van der Waals surface area contributed by atoms with Crippen LogP contribution in [0.2, 0.25) is 18.1 Å². The standard InChI is InChI=1S/C19H29N3O2Si/c1-19(2,3)25(4,5)24-15-18(23)22-12-10-21(11-13-22)17-8-6-16(14-20)7-9-17/h6-9H,10-13,15H2,1-5H3. The molecule has 1 amide bonds. The molecule has 1 aromatic carbocycles. The summed E-state index contributed by atoms with van der Waals surface area (Å²) in [4.78, 5) is 16.6. The van der Waals surface area contributed by atoms with Crippen molar-refractivity contribution < 1.29 is 9.22 Å². The minimum Gasteiger partial charge on any atom is -0.408 e. The van der Waals surface area contributed by atoms with E-state index in [0.29, 0.717) is 18.7 Å². The van der Waals surface area contributed by atoms with Gasteiger partial charge in [-0.05, 0) is 42.4 Å². The van der Waals surface area contributed by atoms with Crippen LogP contribution >= 0.6 is 0 Å². The molecule has 1 heterocycles. The van der Waals surface area contributed by atoms with Gasteiger partial charge in [0.2, 0.25) is 5.91 Å². The number of anilines is 1. The van der Waals surface area contributed by atoms with E-state index in [4.69, 9.17) is 9.69 Å². The molecule has 0 aromatic heterocycles. The van der Waals surface area contributed by atoms with Crippen LogP contribution < -0.4 is 4.90 Å². The Balaban J connectivity index is 1.85. The fourth-order valence-corrected chi connectivity index (χ4v) is 3.43. The maximum absolute atomic E-state index is 12.5. The molecule has 1 fully saturated rings. The molecule has 1 aliphatic rings. The Labute approximate surface area is 152 Å². The molecule has 0 unspecified atom stereocenters. The van der Waals surface area contributed by atoms with Gasteiger partial charge in [0.25, 0.3) is 0 Å². The molecule has 0 saturated carbocycles. The topological polar surface area (TPSA) is 56.6 Å². The first-order chi connectivity index (χ1) is 11.6. The lowest BCUT2D eigenvalue weighted by Crippen LogP contribution is -2.51. The molecular weight excluding hydrogens is 330 g/mol. The largest absolute Gasteiger partial charge is 0.408 e. The van der Waals surface area contributed by atoms with Crippen LogP contribution in [0.1, 0.15) is 26.3 Å². The van der Waals surface area contributed by atoms with Crippen LogP contribution in [-0.4, -0.2) is 51.9 Å². The van der Waals surface area contributed by atoms with Gasteiger partial charge in [-0.25, -0.2) is 0 Å². The Hall–Kier alpha value is -1.84. The van der Waals surface area contributed by atoms with Crippen molar-refractivity contribution in [1.29, 1.82) is 5.26 Å². The zero-order chi connectivity index (χ0) is 18.7. The Morgan fingerprint density at radius 1 is 1.16 bits per heavy atom. The first-order valence-electron chi connectivity index (χ1n) is 8.81. The van der Waals surface area contributed by atoms with E-state index in [2.05, 4.69) is 44.8 Å². The van der Waals surface area contributed by atoms with Crippen molar-refractivity contribution in [2.24, 2.45) is 0 Å². The molecule has 5 nitrogen and oxygen atoms in total. The van der Waals surface area contributed by atoms with Crippen LogP contribution in [-0.2, 0) is 9.22 Å². The number of rotatable bonds is 4. The summed E-state index contributed by atoms with van der Waals surface area (Å²) >= 11 is 0. The number of hydrogen-bond donors (Lipinski definition) is 0. The summed E-state index contributed by atoms with van der Waals surface area (Å²) < 4.78 is 6.05. The van der Waals surface area contributed by atoms with Gasteiger partial charge < -0.3 is 14.2 Å². The van der Waals surface area contributed by atoms with Gasteiger partial charge in [-0.2, -0.15) is 5.26 Å². The van der Waals surface area contributed by atoms with Gasteiger partial charge in [-0.1, -0.05) is 20.8 Å². The van der Waals surface area contributed by atoms with E-state index < -0.39 is 8.32 Å². The summed E-state index contributed by atoms with van der Waals surface area (Å²) in [5, 5.41) is 8.99. The van der Waals surface area contributed by atoms with Crippen molar-refractivity contribution in [3.8, 4) is 6.07 Å². The predicted octanol–water partition coefficient (Wildman–Crippen LogP) is 3.23. The third-order valence-electron chi connectivity index (χ3n) is 5.36. The monoisotopic (exact) mass is 359 g/mol. The molecule has 6 heteroatoms. The summed E-state index contributed by atoms with van der Waals surface area (Å²) in [6.07, 6.45) is 0. The first kappa shape index (κ1) is 19.5. The Kier molecular flexibility index (Phi) is 5.91. The second kappa shape index (κ2) is 7.59. The minimum atomic E-state index is -1.89. The number of nitriles is 1. The van der Waals surface area contributed by atoms with Gasteiger partial charge in [0.05, 0.1) is 11.6 Å². The molecule has 1 saturated heterocycles. The fraction of sp³-hybridized carbons (Fsp3) is 0.579. The molecule has 0 atom stereocenters. The summed E-state index contributed by atoms with van der Waals surface area (Å²) in [6, 6.07) is 9.74. The van der Waals surface area contributed by atoms with E-state index in [-0.39, 0.29) is 17.6 Å². The van der Waals surface area contributed by atoms with Gasteiger partial charge in [0.15, 0.2) is 8.32 Å². The molecule has 136 valence electrons. The fourth-order valence-electron chi connectivity index (χ4n) is 2.51. The molecule has 1 aromatic rings. The number of carbonyl (C=O) groups excluding carboxylic acids is 1. The van der Waals surface area contributed by atoms with Crippen LogP contribution in [0.15, 0.2) is 24.3 Å². The Bertz CT molecular complexity index is 636. The number of hydrogen-bond acceptors (Lipinski definition) is 4. The van der Waals surface area contributed by atoms with Crippen LogP contribution in [0.25, 0.3) is 0 Å². The van der Waals surface area contributed by atoms with E-state index in [0.717, 1.165) is 18.8 Å². The van der Waals surface area contributed by atoms with Crippen LogP contribution in [0, 0.1) is 11.3 Å². The smallest absolute Gasteiger partial charge is 0.247 e.